The Hall–Kier alpha value is -3.40. The van der Waals surface area contributed by atoms with Crippen molar-refractivity contribution in [3.05, 3.63) is 59.9 Å². The standard InChI is InChI=1S/C25H27F4N3O3/c1-15(33)31-22-11-9-17-19(6-5-7-20(17)32-22)30-14-24(34,25(27,28)29)13-23(2,3)18-12-16(26)8-10-21(18)35-4/h5-12,30,34H,13-14H2,1-4H3,(H,31,32,33). The minimum absolute atomic E-state index is 0.211. The Morgan fingerprint density at radius 1 is 1.11 bits per heavy atom. The van der Waals surface area contributed by atoms with E-state index >= 15 is 0 Å². The molecule has 0 aliphatic carbocycles. The van der Waals surface area contributed by atoms with Crippen LogP contribution in [0, 0.1) is 5.82 Å². The number of nitrogens with one attached hydrogen (secondary N) is 2. The summed E-state index contributed by atoms with van der Waals surface area (Å²) < 4.78 is 61.6. The molecule has 3 rings (SSSR count). The van der Waals surface area contributed by atoms with Gasteiger partial charge in [0.25, 0.3) is 0 Å². The van der Waals surface area contributed by atoms with Crippen molar-refractivity contribution in [2.75, 3.05) is 24.3 Å². The lowest BCUT2D eigenvalue weighted by molar-refractivity contribution is -0.260. The lowest BCUT2D eigenvalue weighted by atomic mass is 9.74. The first-order valence-corrected chi connectivity index (χ1v) is 10.8. The monoisotopic (exact) mass is 493 g/mol. The molecular weight excluding hydrogens is 466 g/mol. The first-order valence-electron chi connectivity index (χ1n) is 10.8. The average molecular weight is 494 g/mol. The Morgan fingerprint density at radius 3 is 2.46 bits per heavy atom. The van der Waals surface area contributed by atoms with E-state index in [4.69, 9.17) is 4.74 Å². The van der Waals surface area contributed by atoms with E-state index in [0.29, 0.717) is 22.4 Å². The van der Waals surface area contributed by atoms with Gasteiger partial charge in [-0.2, -0.15) is 13.2 Å². The Balaban J connectivity index is 1.92. The van der Waals surface area contributed by atoms with Crippen molar-refractivity contribution >= 4 is 28.3 Å². The third kappa shape index (κ3) is 5.82. The van der Waals surface area contributed by atoms with Gasteiger partial charge in [0, 0.05) is 23.6 Å². The van der Waals surface area contributed by atoms with Crippen LogP contribution < -0.4 is 15.4 Å². The maximum atomic E-state index is 14.2. The molecule has 0 radical (unpaired) electrons. The van der Waals surface area contributed by atoms with Gasteiger partial charge in [-0.15, -0.1) is 0 Å². The number of fused-ring (bicyclic) bond motifs is 1. The van der Waals surface area contributed by atoms with E-state index < -0.39 is 36.0 Å². The molecule has 2 aromatic carbocycles. The molecule has 1 atom stereocenters. The first-order chi connectivity index (χ1) is 16.3. The molecule has 1 unspecified atom stereocenters. The van der Waals surface area contributed by atoms with Crippen LogP contribution in [0.5, 0.6) is 5.75 Å². The van der Waals surface area contributed by atoms with Crippen LogP contribution in [-0.4, -0.2) is 41.4 Å². The number of ether oxygens (including phenoxy) is 1. The van der Waals surface area contributed by atoms with Gasteiger partial charge >= 0.3 is 6.18 Å². The van der Waals surface area contributed by atoms with Gasteiger partial charge in [-0.25, -0.2) is 9.37 Å². The molecule has 0 saturated heterocycles. The molecule has 1 heterocycles. The van der Waals surface area contributed by atoms with E-state index in [9.17, 15) is 27.5 Å². The predicted octanol–water partition coefficient (Wildman–Crippen LogP) is 5.41. The summed E-state index contributed by atoms with van der Waals surface area (Å²) in [7, 11) is 1.34. The van der Waals surface area contributed by atoms with Crippen LogP contribution in [0.25, 0.3) is 10.9 Å². The second-order valence-corrected chi connectivity index (χ2v) is 9.04. The van der Waals surface area contributed by atoms with Crippen molar-refractivity contribution in [2.45, 2.75) is 44.4 Å². The van der Waals surface area contributed by atoms with E-state index in [1.807, 2.05) is 0 Å². The van der Waals surface area contributed by atoms with Crippen LogP contribution in [0.15, 0.2) is 48.5 Å². The fraction of sp³-hybridized carbons (Fsp3) is 0.360. The highest BCUT2D eigenvalue weighted by Gasteiger charge is 2.56. The van der Waals surface area contributed by atoms with Gasteiger partial charge in [0.05, 0.1) is 19.2 Å². The number of halogens is 4. The number of methoxy groups -OCH3 is 1. The SMILES string of the molecule is COc1ccc(F)cc1C(C)(C)CC(O)(CNc1cccc2nc(NC(C)=O)ccc12)C(F)(F)F. The molecule has 10 heteroatoms. The van der Waals surface area contributed by atoms with Gasteiger partial charge in [0.1, 0.15) is 17.4 Å². The highest BCUT2D eigenvalue weighted by Crippen LogP contribution is 2.44. The summed E-state index contributed by atoms with van der Waals surface area (Å²) in [6.07, 6.45) is -5.74. The van der Waals surface area contributed by atoms with Gasteiger partial charge < -0.3 is 20.5 Å². The van der Waals surface area contributed by atoms with Crippen LogP contribution in [0.2, 0.25) is 0 Å². The van der Waals surface area contributed by atoms with Gasteiger partial charge in [-0.05, 0) is 54.3 Å². The Morgan fingerprint density at radius 2 is 1.83 bits per heavy atom. The second-order valence-electron chi connectivity index (χ2n) is 9.04. The van der Waals surface area contributed by atoms with Crippen molar-refractivity contribution in [3.63, 3.8) is 0 Å². The minimum atomic E-state index is -4.99. The number of hydrogen-bond donors (Lipinski definition) is 3. The zero-order chi connectivity index (χ0) is 26.0. The third-order valence-electron chi connectivity index (χ3n) is 5.76. The molecule has 3 N–H and O–H groups in total. The fourth-order valence-corrected chi connectivity index (χ4v) is 4.10. The normalized spacial score (nSPS) is 13.9. The van der Waals surface area contributed by atoms with Gasteiger partial charge in [0.2, 0.25) is 5.91 Å². The van der Waals surface area contributed by atoms with E-state index in [1.165, 1.54) is 40.0 Å². The van der Waals surface area contributed by atoms with E-state index in [0.717, 1.165) is 12.1 Å². The number of carbonyl (C=O) groups is 1. The Labute approximate surface area is 200 Å². The second kappa shape index (κ2) is 9.69. The average Bonchev–Trinajstić information content (AvgIpc) is 2.76. The number of amides is 1. The van der Waals surface area contributed by atoms with Crippen LogP contribution >= 0.6 is 0 Å². The van der Waals surface area contributed by atoms with Crippen molar-refractivity contribution < 1.29 is 32.2 Å². The smallest absolute Gasteiger partial charge is 0.418 e. The maximum absolute atomic E-state index is 14.2. The van der Waals surface area contributed by atoms with Crippen molar-refractivity contribution in [1.29, 1.82) is 0 Å². The molecule has 3 aromatic rings. The molecule has 0 bridgehead atoms. The summed E-state index contributed by atoms with van der Waals surface area (Å²) in [6, 6.07) is 11.6. The number of aromatic nitrogens is 1. The van der Waals surface area contributed by atoms with Crippen LogP contribution in [0.1, 0.15) is 32.8 Å². The third-order valence-corrected chi connectivity index (χ3v) is 5.76. The molecule has 1 amide bonds. The summed E-state index contributed by atoms with van der Waals surface area (Å²) in [5, 5.41) is 16.6. The number of aliphatic hydroxyl groups is 1. The number of pyridine rings is 1. The minimum Gasteiger partial charge on any atom is -0.496 e. The number of rotatable bonds is 8. The Bertz CT molecular complexity index is 1230. The molecule has 188 valence electrons. The lowest BCUT2D eigenvalue weighted by Gasteiger charge is -2.38. The summed E-state index contributed by atoms with van der Waals surface area (Å²) >= 11 is 0. The first kappa shape index (κ1) is 26.2. The number of alkyl halides is 3. The number of benzene rings is 2. The zero-order valence-corrected chi connectivity index (χ0v) is 19.8. The molecule has 0 aliphatic heterocycles. The molecule has 0 spiro atoms. The van der Waals surface area contributed by atoms with E-state index in [2.05, 4.69) is 15.6 Å². The topological polar surface area (TPSA) is 83.5 Å². The zero-order valence-electron chi connectivity index (χ0n) is 19.8. The number of carbonyl (C=O) groups excluding carboxylic acids is 1. The summed E-state index contributed by atoms with van der Waals surface area (Å²) in [6.45, 7) is 3.46. The molecule has 1 aromatic heterocycles. The molecule has 0 saturated carbocycles. The number of hydrogen-bond acceptors (Lipinski definition) is 5. The maximum Gasteiger partial charge on any atom is 0.418 e. The molecular formula is C25H27F4N3O3. The van der Waals surface area contributed by atoms with Crippen LogP contribution in [0.3, 0.4) is 0 Å². The van der Waals surface area contributed by atoms with Gasteiger partial charge in [-0.1, -0.05) is 19.9 Å². The fourth-order valence-electron chi connectivity index (χ4n) is 4.10. The van der Waals surface area contributed by atoms with Crippen molar-refractivity contribution in [2.24, 2.45) is 0 Å². The molecule has 6 nitrogen and oxygen atoms in total. The lowest BCUT2D eigenvalue weighted by Crippen LogP contribution is -2.53. The van der Waals surface area contributed by atoms with E-state index in [-0.39, 0.29) is 17.2 Å². The largest absolute Gasteiger partial charge is 0.496 e. The predicted molar refractivity (Wildman–Crippen MR) is 126 cm³/mol. The van der Waals surface area contributed by atoms with E-state index in [1.54, 1.807) is 24.3 Å². The highest BCUT2D eigenvalue weighted by molar-refractivity contribution is 5.94. The van der Waals surface area contributed by atoms with Crippen molar-refractivity contribution in [1.82, 2.24) is 4.98 Å². The highest BCUT2D eigenvalue weighted by atomic mass is 19.4. The van der Waals surface area contributed by atoms with Crippen LogP contribution in [-0.2, 0) is 10.2 Å². The van der Waals surface area contributed by atoms with Gasteiger partial charge in [0.15, 0.2) is 5.60 Å². The molecule has 0 fully saturated rings. The number of nitrogens with zero attached hydrogens (tertiary/aromatic N) is 1. The molecule has 35 heavy (non-hydrogen) atoms. The van der Waals surface area contributed by atoms with Gasteiger partial charge in [-0.3, -0.25) is 4.79 Å². The Kier molecular flexibility index (Phi) is 7.26. The summed E-state index contributed by atoms with van der Waals surface area (Å²) in [5.74, 6) is -0.396. The quantitative estimate of drug-likeness (QED) is 0.366. The summed E-state index contributed by atoms with van der Waals surface area (Å²) in [5.41, 5.74) is -3.47. The number of anilines is 2. The summed E-state index contributed by atoms with van der Waals surface area (Å²) in [4.78, 5) is 15.6. The molecule has 0 aliphatic rings. The van der Waals surface area contributed by atoms with Crippen LogP contribution in [0.4, 0.5) is 29.1 Å². The van der Waals surface area contributed by atoms with Crippen molar-refractivity contribution in [3.8, 4) is 5.75 Å².